The summed E-state index contributed by atoms with van der Waals surface area (Å²) in [5.74, 6) is 0.0151. The Morgan fingerprint density at radius 1 is 1.21 bits per heavy atom. The van der Waals surface area contributed by atoms with Gasteiger partial charge < -0.3 is 9.80 Å². The molecule has 0 N–H and O–H groups in total. The molecule has 0 radical (unpaired) electrons. The molecule has 0 aliphatic carbocycles. The summed E-state index contributed by atoms with van der Waals surface area (Å²) in [5.41, 5.74) is 2.22. The quantitative estimate of drug-likeness (QED) is 0.723. The Labute approximate surface area is 157 Å². The minimum absolute atomic E-state index is 0.0151. The fraction of sp³-hybridized carbons (Fsp3) is 0.350. The highest BCUT2D eigenvalue weighted by molar-refractivity contribution is 7.99. The maximum Gasteiger partial charge on any atom is 0.162 e. The van der Waals surface area contributed by atoms with Gasteiger partial charge in [-0.05, 0) is 45.1 Å². The molecule has 126 valence electrons. The molecule has 4 heteroatoms. The summed E-state index contributed by atoms with van der Waals surface area (Å²) in [6.07, 6.45) is 0.380. The van der Waals surface area contributed by atoms with Crippen LogP contribution in [-0.2, 0) is 0 Å². The van der Waals surface area contributed by atoms with Gasteiger partial charge in [0.25, 0.3) is 0 Å². The first-order chi connectivity index (χ1) is 13.9. The predicted molar refractivity (Wildman–Crippen MR) is 102 cm³/mol. The van der Waals surface area contributed by atoms with Crippen molar-refractivity contribution in [1.82, 2.24) is 4.90 Å². The molecule has 2 aromatic rings. The summed E-state index contributed by atoms with van der Waals surface area (Å²) < 4.78 is 46.4. The molecule has 0 aromatic heterocycles. The molecule has 24 heavy (non-hydrogen) atoms. The first kappa shape index (κ1) is 11.0. The fourth-order valence-corrected chi connectivity index (χ4v) is 3.83. The zero-order chi connectivity index (χ0) is 22.3. The van der Waals surface area contributed by atoms with Crippen molar-refractivity contribution in [2.75, 3.05) is 25.4 Å². The lowest BCUT2D eigenvalue weighted by molar-refractivity contribution is 0.0988. The molecule has 2 aromatic carbocycles. The Morgan fingerprint density at radius 3 is 2.71 bits per heavy atom. The molecular weight excluding hydrogens is 316 g/mol. The number of fused-ring (bicyclic) bond motifs is 2. The highest BCUT2D eigenvalue weighted by Crippen LogP contribution is 2.48. The lowest BCUT2D eigenvalue weighted by Gasteiger charge is -2.36. The molecule has 1 atom stereocenters. The number of anilines is 2. The van der Waals surface area contributed by atoms with Crippen LogP contribution in [0.4, 0.5) is 11.4 Å². The van der Waals surface area contributed by atoms with Crippen molar-refractivity contribution >= 4 is 28.9 Å². The second kappa shape index (κ2) is 6.99. The van der Waals surface area contributed by atoms with Gasteiger partial charge in [0.2, 0.25) is 0 Å². The second-order valence-electron chi connectivity index (χ2n) is 5.86. The number of hydrogen-bond acceptors (Lipinski definition) is 4. The van der Waals surface area contributed by atoms with Crippen molar-refractivity contribution in [1.29, 1.82) is 0 Å². The van der Waals surface area contributed by atoms with Crippen LogP contribution in [0.3, 0.4) is 0 Å². The molecule has 1 aliphatic rings. The van der Waals surface area contributed by atoms with Gasteiger partial charge in [0, 0.05) is 42.6 Å². The summed E-state index contributed by atoms with van der Waals surface area (Å²) in [4.78, 5) is 16.7. The van der Waals surface area contributed by atoms with E-state index in [1.807, 2.05) is 41.3 Å². The third-order valence-electron chi connectivity index (χ3n) is 4.16. The number of benzene rings is 2. The monoisotopic (exact) mass is 346 g/mol. The van der Waals surface area contributed by atoms with Crippen molar-refractivity contribution in [2.24, 2.45) is 0 Å². The van der Waals surface area contributed by atoms with Gasteiger partial charge in [-0.2, -0.15) is 0 Å². The molecule has 0 spiro atoms. The molecule has 0 bridgehead atoms. The van der Waals surface area contributed by atoms with E-state index in [0.717, 1.165) is 21.2 Å². The first-order valence-corrected chi connectivity index (χ1v) is 8.76. The number of para-hydroxylation sites is 1. The minimum atomic E-state index is -2.77. The van der Waals surface area contributed by atoms with E-state index in [1.165, 1.54) is 0 Å². The molecule has 0 amide bonds. The van der Waals surface area contributed by atoms with E-state index in [1.54, 1.807) is 31.7 Å². The minimum Gasteiger partial charge on any atom is -0.338 e. The van der Waals surface area contributed by atoms with E-state index in [-0.39, 0.29) is 12.3 Å². The summed E-state index contributed by atoms with van der Waals surface area (Å²) in [5, 5.41) is 0. The number of likely N-dealkylation sites (N-methyl/N-ethyl adjacent to an activating group) is 1. The molecule has 0 saturated heterocycles. The summed E-state index contributed by atoms with van der Waals surface area (Å²) in [6.45, 7) is -1.99. The average Bonchev–Trinajstić information content (AvgIpc) is 2.64. The van der Waals surface area contributed by atoms with Crippen molar-refractivity contribution in [2.45, 2.75) is 36.1 Å². The van der Waals surface area contributed by atoms with Gasteiger partial charge in [-0.25, -0.2) is 0 Å². The van der Waals surface area contributed by atoms with Gasteiger partial charge in [0.05, 0.1) is 11.4 Å². The topological polar surface area (TPSA) is 23.6 Å². The second-order valence-corrected chi connectivity index (χ2v) is 6.94. The van der Waals surface area contributed by atoms with Crippen LogP contribution in [0.2, 0.25) is 0 Å². The Kier molecular flexibility index (Phi) is 3.19. The highest BCUT2D eigenvalue weighted by atomic mass is 32.2. The Balaban J connectivity index is 2.06. The summed E-state index contributed by atoms with van der Waals surface area (Å²) in [6, 6.07) is 12.4. The van der Waals surface area contributed by atoms with Gasteiger partial charge in [0.15, 0.2) is 5.78 Å². The largest absolute Gasteiger partial charge is 0.338 e. The predicted octanol–water partition coefficient (Wildman–Crippen LogP) is 4.83. The van der Waals surface area contributed by atoms with Crippen LogP contribution >= 0.6 is 11.8 Å². The molecule has 3 rings (SSSR count). The molecule has 0 unspecified atom stereocenters. The lowest BCUT2D eigenvalue weighted by Crippen LogP contribution is -2.37. The van der Waals surface area contributed by atoms with Crippen LogP contribution in [0.1, 0.15) is 38.9 Å². The number of Topliss-reactive ketones (excluding diaryl/α,β-unsaturated/α-hetero) is 1. The van der Waals surface area contributed by atoms with Crippen molar-refractivity contribution in [3.63, 3.8) is 0 Å². The van der Waals surface area contributed by atoms with Gasteiger partial charge in [-0.15, -0.1) is 0 Å². The fourth-order valence-electron chi connectivity index (χ4n) is 2.75. The number of nitrogens with zero attached hydrogens (tertiary/aromatic N) is 2. The van der Waals surface area contributed by atoms with Crippen LogP contribution in [0.5, 0.6) is 0 Å². The number of rotatable bonds is 5. The van der Waals surface area contributed by atoms with Crippen LogP contribution in [0.25, 0.3) is 0 Å². The maximum absolute atomic E-state index is 12.3. The van der Waals surface area contributed by atoms with Gasteiger partial charge >= 0.3 is 0 Å². The third kappa shape index (κ3) is 3.21. The molecule has 3 nitrogen and oxygen atoms in total. The summed E-state index contributed by atoms with van der Waals surface area (Å²) in [7, 11) is 0. The molecule has 1 aliphatic heterocycles. The molecule has 1 heterocycles. The van der Waals surface area contributed by atoms with Crippen molar-refractivity contribution in [3.05, 3.63) is 48.0 Å². The third-order valence-corrected chi connectivity index (χ3v) is 5.29. The van der Waals surface area contributed by atoms with Crippen molar-refractivity contribution in [3.8, 4) is 0 Å². The van der Waals surface area contributed by atoms with E-state index < -0.39 is 20.0 Å². The number of carbonyl (C=O) groups excluding carboxylic acids is 1. The van der Waals surface area contributed by atoms with Crippen LogP contribution in [0, 0.1) is 0 Å². The highest BCUT2D eigenvalue weighted by Gasteiger charge is 2.25. The van der Waals surface area contributed by atoms with E-state index >= 15 is 0 Å². The van der Waals surface area contributed by atoms with E-state index in [4.69, 9.17) is 8.22 Å². The molecule has 0 saturated carbocycles. The van der Waals surface area contributed by atoms with Crippen LogP contribution < -0.4 is 4.90 Å². The van der Waals surface area contributed by atoms with Crippen molar-refractivity contribution < 1.29 is 13.0 Å². The van der Waals surface area contributed by atoms with E-state index in [9.17, 15) is 4.79 Å². The van der Waals surface area contributed by atoms with E-state index in [2.05, 4.69) is 0 Å². The molecule has 0 fully saturated rings. The maximum atomic E-state index is 12.3. The lowest BCUT2D eigenvalue weighted by atomic mass is 10.1. The van der Waals surface area contributed by atoms with Gasteiger partial charge in [0.1, 0.15) is 0 Å². The Morgan fingerprint density at radius 2 is 1.96 bits per heavy atom. The van der Waals surface area contributed by atoms with E-state index in [0.29, 0.717) is 16.9 Å². The van der Waals surface area contributed by atoms with Gasteiger partial charge in [-0.1, -0.05) is 36.9 Å². The number of carbonyl (C=O) groups is 1. The Hall–Kier alpha value is -1.78. The SMILES string of the molecule is [2H]C([2H])([2H])N([C@H](C)CN1c2ccccc2Sc2ccc(C(=O)CC)cc21)C([2H])([2H])[2H]. The van der Waals surface area contributed by atoms with Crippen LogP contribution in [0.15, 0.2) is 52.3 Å². The standard InChI is InChI=1S/C20H24N2OS/c1-5-18(23)15-10-11-20-17(12-15)22(13-14(2)21(3)4)16-8-6-7-9-19(16)24-20/h6-12,14H,5,13H2,1-4H3/t14-/m1/s1/i3D3,4D3. The normalized spacial score (nSPS) is 19.0. The zero-order valence-electron chi connectivity index (χ0n) is 19.7. The zero-order valence-corrected chi connectivity index (χ0v) is 14.6. The smallest absolute Gasteiger partial charge is 0.162 e. The Bertz CT molecular complexity index is 930. The van der Waals surface area contributed by atoms with Gasteiger partial charge in [-0.3, -0.25) is 4.79 Å². The molecular formula is C20H24N2OS. The van der Waals surface area contributed by atoms with Crippen LogP contribution in [-0.4, -0.2) is 37.2 Å². The summed E-state index contributed by atoms with van der Waals surface area (Å²) >= 11 is 1.57. The number of ketones is 1. The first-order valence-electron chi connectivity index (χ1n) is 10.9. The number of hydrogen-bond donors (Lipinski definition) is 0. The average molecular weight is 347 g/mol.